The summed E-state index contributed by atoms with van der Waals surface area (Å²) in [5.41, 5.74) is -0.0521. The normalized spacial score (nSPS) is 18.5. The van der Waals surface area contributed by atoms with Gasteiger partial charge in [-0.25, -0.2) is 19.8 Å². The highest BCUT2D eigenvalue weighted by Crippen LogP contribution is 2.34. The molecule has 11 heteroatoms. The number of nitrogens with one attached hydrogen (secondary N) is 2. The zero-order chi connectivity index (χ0) is 24.3. The van der Waals surface area contributed by atoms with Crippen LogP contribution in [-0.4, -0.2) is 59.5 Å². The van der Waals surface area contributed by atoms with E-state index in [4.69, 9.17) is 15.7 Å². The molecule has 1 heterocycles. The highest BCUT2D eigenvalue weighted by Gasteiger charge is 2.30. The Morgan fingerprint density at radius 1 is 1.27 bits per heavy atom. The monoisotopic (exact) mass is 465 g/mol. The highest BCUT2D eigenvalue weighted by molar-refractivity contribution is 6.06. The Balaban J connectivity index is 1.75. The summed E-state index contributed by atoms with van der Waals surface area (Å²) in [5, 5.41) is 15.0. The molecule has 0 aromatic heterocycles. The molecule has 1 atom stereocenters. The van der Waals surface area contributed by atoms with Crippen molar-refractivity contribution in [2.75, 3.05) is 29.9 Å². The van der Waals surface area contributed by atoms with E-state index < -0.39 is 29.5 Å². The molecule has 10 nitrogen and oxygen atoms in total. The van der Waals surface area contributed by atoms with Crippen LogP contribution in [0.25, 0.3) is 0 Å². The van der Waals surface area contributed by atoms with Gasteiger partial charge in [0.25, 0.3) is 5.91 Å². The van der Waals surface area contributed by atoms with Crippen molar-refractivity contribution >= 4 is 29.5 Å². The Kier molecular flexibility index (Phi) is 7.31. The standard InChI is InChI=1S/C22H32FN5O5/c1-22(2,3)33-20(30)25-11-13-5-4-8-27(12-13)18-10-17(26-14-6-7-14)15(9-16(18)23)19(29)28(24)21(31)32/h9-10,13-14,26H,4-8,11-12,24H2,1-3H3,(H,25,30)(H,31,32). The number of nitrogens with two attached hydrogens (primary N) is 1. The molecule has 5 N–H and O–H groups in total. The van der Waals surface area contributed by atoms with Crippen molar-refractivity contribution in [3.8, 4) is 0 Å². The maximum absolute atomic E-state index is 15.1. The number of imide groups is 1. The van der Waals surface area contributed by atoms with Gasteiger partial charge in [-0.2, -0.15) is 5.01 Å². The van der Waals surface area contributed by atoms with Gasteiger partial charge < -0.3 is 25.4 Å². The molecule has 1 aromatic rings. The fourth-order valence-electron chi connectivity index (χ4n) is 3.76. The van der Waals surface area contributed by atoms with Crippen LogP contribution in [0.4, 0.5) is 25.4 Å². The van der Waals surface area contributed by atoms with Crippen LogP contribution in [0.5, 0.6) is 0 Å². The Labute approximate surface area is 192 Å². The summed E-state index contributed by atoms with van der Waals surface area (Å²) in [6.07, 6.45) is 1.38. The minimum atomic E-state index is -1.63. The summed E-state index contributed by atoms with van der Waals surface area (Å²) in [6.45, 7) is 6.91. The Morgan fingerprint density at radius 2 is 1.97 bits per heavy atom. The second-order valence-corrected chi connectivity index (χ2v) is 9.56. The third-order valence-electron chi connectivity index (χ3n) is 5.47. The molecule has 3 amide bonds. The quantitative estimate of drug-likeness (QED) is 0.286. The van der Waals surface area contributed by atoms with Crippen LogP contribution in [0.15, 0.2) is 12.1 Å². The summed E-state index contributed by atoms with van der Waals surface area (Å²) in [6, 6.07) is 2.73. The number of nitrogens with zero attached hydrogens (tertiary/aromatic N) is 2. The Hall–Kier alpha value is -3.08. The number of anilines is 2. The number of ether oxygens (including phenoxy) is 1. The molecule has 182 valence electrons. The van der Waals surface area contributed by atoms with Gasteiger partial charge >= 0.3 is 12.2 Å². The zero-order valence-electron chi connectivity index (χ0n) is 19.2. The minimum absolute atomic E-state index is 0.0474. The molecular formula is C22H32FN5O5. The van der Waals surface area contributed by atoms with Crippen molar-refractivity contribution in [1.29, 1.82) is 0 Å². The van der Waals surface area contributed by atoms with Crippen molar-refractivity contribution in [2.45, 2.75) is 58.1 Å². The number of benzene rings is 1. The molecule has 3 rings (SSSR count). The lowest BCUT2D eigenvalue weighted by atomic mass is 9.97. The first kappa shape index (κ1) is 24.6. The van der Waals surface area contributed by atoms with Crippen LogP contribution in [0, 0.1) is 11.7 Å². The SMILES string of the molecule is CC(C)(C)OC(=O)NCC1CCCN(c2cc(NC3CC3)c(C(=O)N(N)C(=O)O)cc2F)C1. The molecule has 1 saturated carbocycles. The van der Waals surface area contributed by atoms with E-state index in [1.54, 1.807) is 26.8 Å². The molecule has 0 bridgehead atoms. The van der Waals surface area contributed by atoms with Gasteiger partial charge in [0.2, 0.25) is 0 Å². The fraction of sp³-hybridized carbons (Fsp3) is 0.591. The molecule has 1 unspecified atom stereocenters. The number of amides is 3. The average Bonchev–Trinajstić information content (AvgIpc) is 3.55. The molecular weight excluding hydrogens is 433 g/mol. The molecule has 0 spiro atoms. The number of halogens is 1. The van der Waals surface area contributed by atoms with E-state index in [1.165, 1.54) is 0 Å². The average molecular weight is 466 g/mol. The van der Waals surface area contributed by atoms with Crippen molar-refractivity contribution in [3.63, 3.8) is 0 Å². The molecule has 0 radical (unpaired) electrons. The van der Waals surface area contributed by atoms with E-state index >= 15 is 4.39 Å². The minimum Gasteiger partial charge on any atom is -0.464 e. The van der Waals surface area contributed by atoms with Gasteiger partial charge in [-0.3, -0.25) is 4.79 Å². The largest absolute Gasteiger partial charge is 0.464 e. The lowest BCUT2D eigenvalue weighted by Gasteiger charge is -2.35. The van der Waals surface area contributed by atoms with Gasteiger partial charge in [-0.05, 0) is 64.5 Å². The van der Waals surface area contributed by atoms with E-state index in [1.807, 2.05) is 4.90 Å². The molecule has 1 aromatic carbocycles. The fourth-order valence-corrected chi connectivity index (χ4v) is 3.76. The summed E-state index contributed by atoms with van der Waals surface area (Å²) in [7, 11) is 0. The van der Waals surface area contributed by atoms with E-state index in [-0.39, 0.29) is 22.5 Å². The molecule has 2 aliphatic rings. The Morgan fingerprint density at radius 3 is 2.58 bits per heavy atom. The van der Waals surface area contributed by atoms with Crippen LogP contribution in [0.2, 0.25) is 0 Å². The second-order valence-electron chi connectivity index (χ2n) is 9.56. The summed E-state index contributed by atoms with van der Waals surface area (Å²) < 4.78 is 20.4. The zero-order valence-corrected chi connectivity index (χ0v) is 19.2. The number of hydrogen-bond acceptors (Lipinski definition) is 7. The lowest BCUT2D eigenvalue weighted by Crippen LogP contribution is -2.43. The number of carbonyl (C=O) groups is 3. The maximum Gasteiger partial charge on any atom is 0.429 e. The van der Waals surface area contributed by atoms with E-state index in [9.17, 15) is 14.4 Å². The second kappa shape index (κ2) is 9.82. The van der Waals surface area contributed by atoms with Crippen LogP contribution in [0.1, 0.15) is 56.8 Å². The molecule has 1 saturated heterocycles. The predicted molar refractivity (Wildman–Crippen MR) is 121 cm³/mol. The molecule has 1 aliphatic carbocycles. The maximum atomic E-state index is 15.1. The van der Waals surface area contributed by atoms with E-state index in [0.29, 0.717) is 31.0 Å². The van der Waals surface area contributed by atoms with Gasteiger partial charge in [0, 0.05) is 31.4 Å². The smallest absolute Gasteiger partial charge is 0.429 e. The number of hydrazine groups is 1. The summed E-state index contributed by atoms with van der Waals surface area (Å²) in [5.74, 6) is 3.78. The van der Waals surface area contributed by atoms with Crippen molar-refractivity contribution in [2.24, 2.45) is 11.8 Å². The number of carboxylic acid groups (broad SMARTS) is 1. The number of rotatable bonds is 6. The topological polar surface area (TPSA) is 137 Å². The van der Waals surface area contributed by atoms with Crippen molar-refractivity contribution in [3.05, 3.63) is 23.5 Å². The molecule has 33 heavy (non-hydrogen) atoms. The van der Waals surface area contributed by atoms with Crippen LogP contribution in [-0.2, 0) is 4.74 Å². The number of carbonyl (C=O) groups excluding carboxylic acids is 2. The number of hydrogen-bond donors (Lipinski definition) is 4. The first-order valence-corrected chi connectivity index (χ1v) is 11.1. The van der Waals surface area contributed by atoms with Crippen LogP contribution in [0.3, 0.4) is 0 Å². The van der Waals surface area contributed by atoms with Gasteiger partial charge in [-0.15, -0.1) is 0 Å². The lowest BCUT2D eigenvalue weighted by molar-refractivity contribution is 0.0517. The van der Waals surface area contributed by atoms with Crippen molar-refractivity contribution < 1.29 is 28.6 Å². The predicted octanol–water partition coefficient (Wildman–Crippen LogP) is 3.14. The Bertz CT molecular complexity index is 915. The van der Waals surface area contributed by atoms with Crippen LogP contribution < -0.4 is 21.4 Å². The van der Waals surface area contributed by atoms with Crippen molar-refractivity contribution in [1.82, 2.24) is 10.3 Å². The third kappa shape index (κ3) is 6.70. The highest BCUT2D eigenvalue weighted by atomic mass is 19.1. The van der Waals surface area contributed by atoms with Gasteiger partial charge in [0.1, 0.15) is 11.4 Å². The third-order valence-corrected chi connectivity index (χ3v) is 5.47. The van der Waals surface area contributed by atoms with Gasteiger partial charge in [-0.1, -0.05) is 0 Å². The molecule has 2 fully saturated rings. The number of alkyl carbamates (subject to hydrolysis) is 1. The van der Waals surface area contributed by atoms with Gasteiger partial charge in [0.05, 0.1) is 11.3 Å². The van der Waals surface area contributed by atoms with E-state index in [0.717, 1.165) is 31.7 Å². The first-order valence-electron chi connectivity index (χ1n) is 11.1. The molecule has 1 aliphatic heterocycles. The van der Waals surface area contributed by atoms with Gasteiger partial charge in [0.15, 0.2) is 0 Å². The number of piperidine rings is 1. The van der Waals surface area contributed by atoms with Crippen LogP contribution >= 0.6 is 0 Å². The first-order chi connectivity index (χ1) is 15.4. The summed E-state index contributed by atoms with van der Waals surface area (Å²) in [4.78, 5) is 37.4. The summed E-state index contributed by atoms with van der Waals surface area (Å²) >= 11 is 0. The van der Waals surface area contributed by atoms with E-state index in [2.05, 4.69) is 10.6 Å².